The first-order chi connectivity index (χ1) is 12.0. The molecule has 1 aliphatic rings. The molecule has 2 heterocycles. The Bertz CT molecular complexity index is 835. The van der Waals surface area contributed by atoms with Crippen molar-refractivity contribution in [2.45, 2.75) is 43.6 Å². The van der Waals surface area contributed by atoms with Crippen molar-refractivity contribution in [2.75, 3.05) is 6.61 Å². The minimum Gasteiger partial charge on any atom is -0.493 e. The van der Waals surface area contributed by atoms with Crippen molar-refractivity contribution >= 4 is 17.7 Å². The molecule has 2 aromatic rings. The third kappa shape index (κ3) is 4.63. The number of fused-ring (bicyclic) bond motifs is 1. The number of carbonyl (C=O) groups excluding carboxylic acids is 1. The number of hydrogen-bond donors (Lipinski definition) is 2. The Balaban J connectivity index is 1.57. The van der Waals surface area contributed by atoms with Crippen LogP contribution in [0.2, 0.25) is 0 Å². The van der Waals surface area contributed by atoms with Gasteiger partial charge in [0.25, 0.3) is 5.56 Å². The molecule has 1 atom stereocenters. The number of ether oxygens (including phenoxy) is 1. The van der Waals surface area contributed by atoms with Gasteiger partial charge in [-0.25, -0.2) is 4.98 Å². The summed E-state index contributed by atoms with van der Waals surface area (Å²) in [5.74, 6) is 0.850. The Morgan fingerprint density at radius 2 is 2.28 bits per heavy atom. The number of amides is 1. The molecule has 1 aromatic carbocycles. The third-order valence-electron chi connectivity index (χ3n) is 3.95. The highest BCUT2D eigenvalue weighted by Gasteiger charge is 2.16. The van der Waals surface area contributed by atoms with Gasteiger partial charge in [-0.1, -0.05) is 23.9 Å². The van der Waals surface area contributed by atoms with Gasteiger partial charge in [0, 0.05) is 18.3 Å². The lowest BCUT2D eigenvalue weighted by Gasteiger charge is -2.18. The van der Waals surface area contributed by atoms with Crippen LogP contribution in [0.3, 0.4) is 0 Å². The van der Waals surface area contributed by atoms with Crippen LogP contribution in [0.5, 0.6) is 5.75 Å². The molecule has 0 saturated carbocycles. The summed E-state index contributed by atoms with van der Waals surface area (Å²) in [6.45, 7) is 4.79. The fourth-order valence-corrected chi connectivity index (χ4v) is 3.57. The number of H-pyrrole nitrogens is 1. The maximum absolute atomic E-state index is 12.3. The van der Waals surface area contributed by atoms with Crippen LogP contribution in [0.15, 0.2) is 34.2 Å². The molecule has 7 heteroatoms. The molecule has 3 rings (SSSR count). The average Bonchev–Trinajstić information content (AvgIpc) is 2.58. The van der Waals surface area contributed by atoms with Crippen LogP contribution in [0.25, 0.3) is 0 Å². The van der Waals surface area contributed by atoms with Crippen LogP contribution in [0, 0.1) is 6.92 Å². The van der Waals surface area contributed by atoms with Gasteiger partial charge in [-0.2, -0.15) is 0 Å². The van der Waals surface area contributed by atoms with Crippen LogP contribution in [-0.4, -0.2) is 27.7 Å². The summed E-state index contributed by atoms with van der Waals surface area (Å²) < 4.78 is 5.60. The lowest BCUT2D eigenvalue weighted by atomic mass is 10.0. The van der Waals surface area contributed by atoms with Crippen LogP contribution in [0.1, 0.15) is 30.2 Å². The van der Waals surface area contributed by atoms with Gasteiger partial charge in [0.1, 0.15) is 5.75 Å². The van der Waals surface area contributed by atoms with Gasteiger partial charge in [0.15, 0.2) is 5.16 Å². The Morgan fingerprint density at radius 1 is 1.44 bits per heavy atom. The molecule has 1 unspecified atom stereocenters. The first-order valence-electron chi connectivity index (χ1n) is 8.28. The van der Waals surface area contributed by atoms with E-state index in [4.69, 9.17) is 4.74 Å². The van der Waals surface area contributed by atoms with Gasteiger partial charge >= 0.3 is 0 Å². The van der Waals surface area contributed by atoms with Crippen LogP contribution < -0.4 is 15.6 Å². The molecule has 1 aliphatic heterocycles. The third-order valence-corrected chi connectivity index (χ3v) is 4.93. The fourth-order valence-electron chi connectivity index (χ4n) is 2.68. The van der Waals surface area contributed by atoms with Crippen molar-refractivity contribution in [2.24, 2.45) is 0 Å². The van der Waals surface area contributed by atoms with E-state index in [9.17, 15) is 9.59 Å². The molecule has 1 aromatic heterocycles. The van der Waals surface area contributed by atoms with E-state index >= 15 is 0 Å². The van der Waals surface area contributed by atoms with E-state index in [0.717, 1.165) is 30.8 Å². The number of benzene rings is 1. The normalized spacial score (nSPS) is 14.3. The number of aromatic nitrogens is 2. The molecule has 2 N–H and O–H groups in total. The maximum atomic E-state index is 12.3. The van der Waals surface area contributed by atoms with E-state index in [1.54, 1.807) is 13.8 Å². The number of nitrogens with one attached hydrogen (secondary N) is 2. The number of aromatic amines is 1. The van der Waals surface area contributed by atoms with Crippen molar-refractivity contribution in [1.29, 1.82) is 0 Å². The molecule has 0 bridgehead atoms. The second kappa shape index (κ2) is 7.74. The van der Waals surface area contributed by atoms with Crippen molar-refractivity contribution in [3.63, 3.8) is 0 Å². The molecule has 0 radical (unpaired) electrons. The Labute approximate surface area is 150 Å². The summed E-state index contributed by atoms with van der Waals surface area (Å²) >= 11 is 1.24. The first kappa shape index (κ1) is 17.5. The summed E-state index contributed by atoms with van der Waals surface area (Å²) in [4.78, 5) is 30.7. The number of rotatable bonds is 5. The van der Waals surface area contributed by atoms with Crippen LogP contribution in [0.4, 0.5) is 0 Å². The van der Waals surface area contributed by atoms with Crippen LogP contribution in [-0.2, 0) is 17.8 Å². The lowest BCUT2D eigenvalue weighted by Crippen LogP contribution is -2.30. The second-order valence-corrected chi connectivity index (χ2v) is 7.39. The molecule has 6 nitrogen and oxygen atoms in total. The van der Waals surface area contributed by atoms with Crippen LogP contribution >= 0.6 is 11.8 Å². The number of carbonyl (C=O) groups is 1. The molecule has 0 fully saturated rings. The molecule has 0 aliphatic carbocycles. The Hall–Kier alpha value is -2.28. The van der Waals surface area contributed by atoms with Crippen molar-refractivity contribution in [1.82, 2.24) is 15.3 Å². The minimum atomic E-state index is -0.356. The van der Waals surface area contributed by atoms with E-state index < -0.39 is 0 Å². The smallest absolute Gasteiger partial charge is 0.251 e. The summed E-state index contributed by atoms with van der Waals surface area (Å²) in [5, 5.41) is 3.04. The SMILES string of the molecule is Cc1cc(=O)[nH]c(SC(C)C(=O)NCc2ccc3c(c2)CCCO3)n1. The standard InChI is InChI=1S/C18H21N3O3S/c1-11-8-16(22)21-18(20-11)25-12(2)17(23)19-10-13-5-6-15-14(9-13)4-3-7-24-15/h5-6,8-9,12H,3-4,7,10H2,1-2H3,(H,19,23)(H,20,21,22). The van der Waals surface area contributed by atoms with Gasteiger partial charge in [-0.15, -0.1) is 0 Å². The number of thioether (sulfide) groups is 1. The summed E-state index contributed by atoms with van der Waals surface area (Å²) in [6.07, 6.45) is 2.04. The number of hydrogen-bond acceptors (Lipinski definition) is 5. The van der Waals surface area contributed by atoms with Crippen molar-refractivity contribution < 1.29 is 9.53 Å². The van der Waals surface area contributed by atoms with Gasteiger partial charge in [-0.3, -0.25) is 9.59 Å². The zero-order valence-electron chi connectivity index (χ0n) is 14.3. The second-order valence-electron chi connectivity index (χ2n) is 6.06. The molecule has 132 valence electrons. The summed E-state index contributed by atoms with van der Waals surface area (Å²) in [6, 6.07) is 7.46. The van der Waals surface area contributed by atoms with Crippen molar-refractivity contribution in [3.8, 4) is 5.75 Å². The largest absolute Gasteiger partial charge is 0.493 e. The highest BCUT2D eigenvalue weighted by Crippen LogP contribution is 2.25. The predicted octanol–water partition coefficient (Wildman–Crippen LogP) is 2.20. The maximum Gasteiger partial charge on any atom is 0.251 e. The average molecular weight is 359 g/mol. The zero-order valence-corrected chi connectivity index (χ0v) is 15.1. The Kier molecular flexibility index (Phi) is 5.43. The van der Waals surface area contributed by atoms with E-state index in [-0.39, 0.29) is 16.7 Å². The fraction of sp³-hybridized carbons (Fsp3) is 0.389. The zero-order chi connectivity index (χ0) is 17.8. The van der Waals surface area contributed by atoms with E-state index in [1.807, 2.05) is 12.1 Å². The molecule has 0 spiro atoms. The van der Waals surface area contributed by atoms with Gasteiger partial charge in [-0.05, 0) is 43.9 Å². The summed E-state index contributed by atoms with van der Waals surface area (Å²) in [5.41, 5.74) is 2.67. The molecular weight excluding hydrogens is 338 g/mol. The topological polar surface area (TPSA) is 84.1 Å². The molecule has 25 heavy (non-hydrogen) atoms. The van der Waals surface area contributed by atoms with Crippen molar-refractivity contribution in [3.05, 3.63) is 51.4 Å². The quantitative estimate of drug-likeness (QED) is 0.632. The first-order valence-corrected chi connectivity index (χ1v) is 9.16. The number of aryl methyl sites for hydroxylation is 2. The highest BCUT2D eigenvalue weighted by atomic mass is 32.2. The monoisotopic (exact) mass is 359 g/mol. The number of nitrogens with zero attached hydrogens (tertiary/aromatic N) is 1. The minimum absolute atomic E-state index is 0.0943. The van der Waals surface area contributed by atoms with E-state index in [2.05, 4.69) is 21.4 Å². The van der Waals surface area contributed by atoms with Gasteiger partial charge in [0.2, 0.25) is 5.91 Å². The van der Waals surface area contributed by atoms with Gasteiger partial charge < -0.3 is 15.0 Å². The molecular formula is C18H21N3O3S. The van der Waals surface area contributed by atoms with Gasteiger partial charge in [0.05, 0.1) is 11.9 Å². The lowest BCUT2D eigenvalue weighted by molar-refractivity contribution is -0.120. The highest BCUT2D eigenvalue weighted by molar-refractivity contribution is 8.00. The van der Waals surface area contributed by atoms with E-state index in [1.165, 1.54) is 23.4 Å². The molecule has 1 amide bonds. The predicted molar refractivity (Wildman–Crippen MR) is 97.0 cm³/mol. The van der Waals surface area contributed by atoms with E-state index in [0.29, 0.717) is 17.4 Å². The Morgan fingerprint density at radius 3 is 3.08 bits per heavy atom. The summed E-state index contributed by atoms with van der Waals surface area (Å²) in [7, 11) is 0. The molecule has 0 saturated heterocycles.